The van der Waals surface area contributed by atoms with E-state index < -0.39 is 29.9 Å². The number of carbonyl (C=O) groups excluding carboxylic acids is 4. The molecule has 4 aromatic rings. The standard InChI is InChI=1S/C42H55N9O5.C2HF3O2/c1-6-51(7-2)24-23-43-38(52)34-10-8-9-33(26-34)30-15-11-28(12-16-30)25-36(40(54)45-35-21-19-31(20-22-35)37-47-49-50-48-37)46-39(53)32-17-13-29(14-18-32)27-44-41(55)56-42(3,4)5;3-2(4,5)1(6)7/h8-12,15-16,19-22,26,29,32,36H,6-7,13-14,17-18,23-25,27H2,1-5H3,(H,43,52)(H,44,55)(H,45,54)(H,46,53)(H,47,48,49,50);(H,6,7)/t29?,32?,36-;/m0./s1. The van der Waals surface area contributed by atoms with Gasteiger partial charge in [-0.2, -0.15) is 18.4 Å². The molecule has 0 aliphatic heterocycles. The fourth-order valence-corrected chi connectivity index (χ4v) is 6.76. The number of rotatable bonds is 16. The van der Waals surface area contributed by atoms with Gasteiger partial charge in [0.05, 0.1) is 0 Å². The number of ether oxygens (including phenoxy) is 1. The Balaban J connectivity index is 0.00000115. The molecule has 1 aromatic heterocycles. The van der Waals surface area contributed by atoms with Crippen LogP contribution in [0.4, 0.5) is 23.7 Å². The average Bonchev–Trinajstić information content (AvgIpc) is 3.80. The molecule has 0 radical (unpaired) electrons. The van der Waals surface area contributed by atoms with Crippen molar-refractivity contribution in [3.63, 3.8) is 0 Å². The minimum atomic E-state index is -5.08. The number of halogens is 3. The minimum absolute atomic E-state index is 0.115. The molecule has 1 aliphatic rings. The molecule has 19 heteroatoms. The first-order valence-corrected chi connectivity index (χ1v) is 20.8. The van der Waals surface area contributed by atoms with Crippen LogP contribution in [0, 0.1) is 11.8 Å². The van der Waals surface area contributed by atoms with Gasteiger partial charge in [-0.05, 0) is 124 Å². The van der Waals surface area contributed by atoms with E-state index in [0.717, 1.165) is 54.7 Å². The number of benzene rings is 3. The number of alkyl halides is 3. The number of aliphatic carboxylic acids is 1. The number of H-pyrrole nitrogens is 1. The van der Waals surface area contributed by atoms with Gasteiger partial charge in [-0.1, -0.05) is 50.2 Å². The second kappa shape index (κ2) is 23.2. The van der Waals surface area contributed by atoms with Crippen molar-refractivity contribution < 1.29 is 47.0 Å². The lowest BCUT2D eigenvalue weighted by atomic mass is 9.81. The molecule has 4 amide bonds. The molecule has 5 rings (SSSR count). The van der Waals surface area contributed by atoms with E-state index in [4.69, 9.17) is 14.6 Å². The van der Waals surface area contributed by atoms with Gasteiger partial charge in [0, 0.05) is 48.8 Å². The van der Waals surface area contributed by atoms with Gasteiger partial charge in [0.2, 0.25) is 17.6 Å². The average molecular weight is 880 g/mol. The van der Waals surface area contributed by atoms with Gasteiger partial charge in [0.1, 0.15) is 11.6 Å². The molecule has 1 heterocycles. The minimum Gasteiger partial charge on any atom is -0.475 e. The van der Waals surface area contributed by atoms with Gasteiger partial charge in [-0.15, -0.1) is 10.2 Å². The number of nitrogens with zero attached hydrogens (tertiary/aromatic N) is 4. The number of hydrogen-bond donors (Lipinski definition) is 6. The Morgan fingerprint density at radius 1 is 0.873 bits per heavy atom. The van der Waals surface area contributed by atoms with Crippen LogP contribution in [0.15, 0.2) is 72.8 Å². The van der Waals surface area contributed by atoms with Crippen LogP contribution in [0.25, 0.3) is 22.5 Å². The molecule has 0 spiro atoms. The van der Waals surface area contributed by atoms with Crippen molar-refractivity contribution in [3.05, 3.63) is 83.9 Å². The Kier molecular flexibility index (Phi) is 18.1. The third-order valence-corrected chi connectivity index (χ3v) is 10.2. The zero-order valence-electron chi connectivity index (χ0n) is 36.1. The number of nitrogens with one attached hydrogen (secondary N) is 5. The van der Waals surface area contributed by atoms with Crippen LogP contribution in [-0.4, -0.2) is 111 Å². The predicted molar refractivity (Wildman–Crippen MR) is 229 cm³/mol. The highest BCUT2D eigenvalue weighted by atomic mass is 19.4. The summed E-state index contributed by atoms with van der Waals surface area (Å²) in [6.07, 6.45) is -2.40. The second-order valence-corrected chi connectivity index (χ2v) is 16.0. The first-order valence-electron chi connectivity index (χ1n) is 20.8. The van der Waals surface area contributed by atoms with Crippen LogP contribution in [0.3, 0.4) is 0 Å². The lowest BCUT2D eigenvalue weighted by molar-refractivity contribution is -0.192. The van der Waals surface area contributed by atoms with Crippen molar-refractivity contribution >= 4 is 35.5 Å². The fourth-order valence-electron chi connectivity index (χ4n) is 6.76. The van der Waals surface area contributed by atoms with Crippen LogP contribution < -0.4 is 21.3 Å². The third-order valence-electron chi connectivity index (χ3n) is 10.2. The number of carboxylic acids is 1. The van der Waals surface area contributed by atoms with E-state index in [0.29, 0.717) is 43.0 Å². The second-order valence-electron chi connectivity index (χ2n) is 16.0. The number of carboxylic acid groups (broad SMARTS) is 1. The SMILES string of the molecule is CCN(CC)CCNC(=O)c1cccc(-c2ccc(C[C@H](NC(=O)C3CCC(CNC(=O)OC(C)(C)C)CC3)C(=O)Nc3ccc(-c4nn[nH]n4)cc3)cc2)c1.O=C(O)C(F)(F)F. The first-order chi connectivity index (χ1) is 29.8. The zero-order chi connectivity index (χ0) is 46.2. The lowest BCUT2D eigenvalue weighted by Crippen LogP contribution is -2.48. The number of amides is 4. The maximum atomic E-state index is 13.8. The number of anilines is 1. The fraction of sp³-hybridized carbons (Fsp3) is 0.455. The van der Waals surface area contributed by atoms with E-state index >= 15 is 0 Å². The van der Waals surface area contributed by atoms with E-state index in [9.17, 15) is 32.3 Å². The monoisotopic (exact) mass is 879 g/mol. The molecule has 63 heavy (non-hydrogen) atoms. The Hall–Kier alpha value is -6.37. The molecule has 1 aliphatic carbocycles. The Morgan fingerprint density at radius 2 is 1.51 bits per heavy atom. The summed E-state index contributed by atoms with van der Waals surface area (Å²) in [6, 6.07) is 21.6. The molecule has 6 N–H and O–H groups in total. The summed E-state index contributed by atoms with van der Waals surface area (Å²) in [7, 11) is 0. The molecular weight excluding hydrogens is 824 g/mol. The normalized spacial score (nSPS) is 15.6. The van der Waals surface area contributed by atoms with Crippen LogP contribution >= 0.6 is 0 Å². The maximum Gasteiger partial charge on any atom is 0.490 e. The van der Waals surface area contributed by atoms with Crippen LogP contribution in [-0.2, 0) is 25.5 Å². The predicted octanol–water partition coefficient (Wildman–Crippen LogP) is 6.24. The Labute approximate surface area is 364 Å². The molecule has 3 aromatic carbocycles. The summed E-state index contributed by atoms with van der Waals surface area (Å²) in [4.78, 5) is 63.7. The Bertz CT molecular complexity index is 2100. The van der Waals surface area contributed by atoms with Crippen LogP contribution in [0.5, 0.6) is 0 Å². The van der Waals surface area contributed by atoms with Crippen molar-refractivity contribution in [2.45, 2.75) is 84.5 Å². The number of alkyl carbamates (subject to hydrolysis) is 1. The quantitative estimate of drug-likeness (QED) is 0.0740. The molecule has 340 valence electrons. The summed E-state index contributed by atoms with van der Waals surface area (Å²) < 4.78 is 37.1. The van der Waals surface area contributed by atoms with Crippen molar-refractivity contribution in [3.8, 4) is 22.5 Å². The number of hydrogen-bond acceptors (Lipinski definition) is 10. The van der Waals surface area contributed by atoms with E-state index in [-0.39, 0.29) is 36.0 Å². The zero-order valence-corrected chi connectivity index (χ0v) is 36.1. The van der Waals surface area contributed by atoms with Crippen molar-refractivity contribution in [2.24, 2.45) is 11.8 Å². The lowest BCUT2D eigenvalue weighted by Gasteiger charge is -2.29. The van der Waals surface area contributed by atoms with Crippen LogP contribution in [0.1, 0.15) is 76.2 Å². The molecular formula is C44H56F3N9O7. The van der Waals surface area contributed by atoms with E-state index in [1.807, 2.05) is 69.3 Å². The summed E-state index contributed by atoms with van der Waals surface area (Å²) in [5, 5.41) is 33.0. The molecule has 0 bridgehead atoms. The number of aromatic amines is 1. The van der Waals surface area contributed by atoms with Crippen molar-refractivity contribution in [1.82, 2.24) is 41.5 Å². The summed E-state index contributed by atoms with van der Waals surface area (Å²) in [6.45, 7) is 13.4. The maximum absolute atomic E-state index is 13.8. The van der Waals surface area contributed by atoms with Gasteiger partial charge in [0.15, 0.2) is 0 Å². The number of likely N-dealkylation sites (N-methyl/N-ethyl adjacent to an activating group) is 1. The number of aromatic nitrogens is 4. The molecule has 0 unspecified atom stereocenters. The number of carbonyl (C=O) groups is 5. The highest BCUT2D eigenvalue weighted by Crippen LogP contribution is 2.29. The first kappa shape index (κ1) is 49.3. The highest BCUT2D eigenvalue weighted by Gasteiger charge is 2.38. The topological polar surface area (TPSA) is 221 Å². The van der Waals surface area contributed by atoms with Gasteiger partial charge in [-0.25, -0.2) is 9.59 Å². The van der Waals surface area contributed by atoms with Gasteiger partial charge >= 0.3 is 18.2 Å². The van der Waals surface area contributed by atoms with E-state index in [1.54, 1.807) is 24.3 Å². The summed E-state index contributed by atoms with van der Waals surface area (Å²) in [5.74, 6) is -2.95. The smallest absolute Gasteiger partial charge is 0.475 e. The third kappa shape index (κ3) is 16.4. The van der Waals surface area contributed by atoms with Gasteiger partial charge < -0.3 is 36.0 Å². The molecule has 16 nitrogen and oxygen atoms in total. The molecule has 1 atom stereocenters. The number of tetrazole rings is 1. The van der Waals surface area contributed by atoms with Crippen molar-refractivity contribution in [2.75, 3.05) is 38.0 Å². The molecule has 0 saturated heterocycles. The van der Waals surface area contributed by atoms with E-state index in [2.05, 4.69) is 60.6 Å². The summed E-state index contributed by atoms with van der Waals surface area (Å²) in [5.41, 5.74) is 4.01. The van der Waals surface area contributed by atoms with Crippen LogP contribution in [0.2, 0.25) is 0 Å². The largest absolute Gasteiger partial charge is 0.490 e. The van der Waals surface area contributed by atoms with E-state index in [1.165, 1.54) is 0 Å². The van der Waals surface area contributed by atoms with Gasteiger partial charge in [-0.3, -0.25) is 14.4 Å². The molecule has 1 fully saturated rings. The van der Waals surface area contributed by atoms with Crippen molar-refractivity contribution in [1.29, 1.82) is 0 Å². The molecule has 1 saturated carbocycles. The highest BCUT2D eigenvalue weighted by molar-refractivity contribution is 5.98. The summed E-state index contributed by atoms with van der Waals surface area (Å²) >= 11 is 0. The Morgan fingerprint density at radius 3 is 2.08 bits per heavy atom. The van der Waals surface area contributed by atoms with Gasteiger partial charge in [0.25, 0.3) is 5.91 Å².